The number of hydrogen-bond donors (Lipinski definition) is 1. The Kier molecular flexibility index (Phi) is 6.05. The maximum atomic E-state index is 12.5. The molecule has 4 nitrogen and oxygen atoms in total. The van der Waals surface area contributed by atoms with Crippen LogP contribution in [0.1, 0.15) is 50.7 Å². The van der Waals surface area contributed by atoms with Crippen molar-refractivity contribution in [1.29, 1.82) is 0 Å². The van der Waals surface area contributed by atoms with Crippen LogP contribution < -0.4 is 10.5 Å². The van der Waals surface area contributed by atoms with Crippen molar-refractivity contribution in [1.82, 2.24) is 4.90 Å². The first-order valence-corrected chi connectivity index (χ1v) is 8.65. The molecular formula is C19H30N2O2. The molecule has 4 heteroatoms. The van der Waals surface area contributed by atoms with E-state index >= 15 is 0 Å². The van der Waals surface area contributed by atoms with Crippen molar-refractivity contribution in [3.63, 3.8) is 0 Å². The lowest BCUT2D eigenvalue weighted by molar-refractivity contribution is -0.135. The number of nitrogens with zero attached hydrogens (tertiary/aromatic N) is 1. The summed E-state index contributed by atoms with van der Waals surface area (Å²) in [6, 6.07) is 6.33. The third-order valence-corrected chi connectivity index (χ3v) is 4.70. The van der Waals surface area contributed by atoms with Crippen LogP contribution in [0, 0.1) is 12.8 Å². The van der Waals surface area contributed by atoms with Gasteiger partial charge in [-0.1, -0.05) is 26.0 Å². The van der Waals surface area contributed by atoms with Crippen molar-refractivity contribution in [3.05, 3.63) is 29.3 Å². The van der Waals surface area contributed by atoms with Crippen LogP contribution in [0.3, 0.4) is 0 Å². The molecule has 0 bridgehead atoms. The van der Waals surface area contributed by atoms with Gasteiger partial charge in [-0.05, 0) is 55.7 Å². The second-order valence-electron chi connectivity index (χ2n) is 7.09. The third-order valence-electron chi connectivity index (χ3n) is 4.70. The van der Waals surface area contributed by atoms with Crippen molar-refractivity contribution in [2.45, 2.75) is 52.5 Å². The Hall–Kier alpha value is -1.55. The molecule has 23 heavy (non-hydrogen) atoms. The molecule has 2 rings (SSSR count). The van der Waals surface area contributed by atoms with Crippen molar-refractivity contribution in [2.24, 2.45) is 11.7 Å². The summed E-state index contributed by atoms with van der Waals surface area (Å²) in [5.41, 5.74) is 8.29. The zero-order valence-electron chi connectivity index (χ0n) is 14.8. The number of amides is 1. The lowest BCUT2D eigenvalue weighted by Crippen LogP contribution is -2.46. The average molecular weight is 318 g/mol. The van der Waals surface area contributed by atoms with Crippen LogP contribution in [0.2, 0.25) is 0 Å². The zero-order chi connectivity index (χ0) is 17.0. The standard InChI is InChI=1S/C19H30N2O2/c1-13(2)17-8-7-14(3)10-18(17)23-12-19(22)21-9-5-6-16(11-21)15(4)20/h7-8,10,13,15-16H,5-6,9,11-12,20H2,1-4H3/t15-,16-/m1/s1. The summed E-state index contributed by atoms with van der Waals surface area (Å²) in [4.78, 5) is 14.4. The van der Waals surface area contributed by atoms with Gasteiger partial charge in [-0.15, -0.1) is 0 Å². The molecule has 1 aromatic carbocycles. The second kappa shape index (κ2) is 7.82. The van der Waals surface area contributed by atoms with Crippen molar-refractivity contribution >= 4 is 5.91 Å². The van der Waals surface area contributed by atoms with Gasteiger partial charge in [0.05, 0.1) is 0 Å². The number of nitrogens with two attached hydrogens (primary N) is 1. The summed E-state index contributed by atoms with van der Waals surface area (Å²) in [7, 11) is 0. The molecule has 1 aliphatic rings. The minimum atomic E-state index is 0.0616. The predicted octanol–water partition coefficient (Wildman–Crippen LogP) is 3.08. The second-order valence-corrected chi connectivity index (χ2v) is 7.09. The Balaban J connectivity index is 1.98. The first-order valence-electron chi connectivity index (χ1n) is 8.65. The molecular weight excluding hydrogens is 288 g/mol. The van der Waals surface area contributed by atoms with E-state index in [1.807, 2.05) is 24.8 Å². The maximum Gasteiger partial charge on any atom is 0.260 e. The summed E-state index contributed by atoms with van der Waals surface area (Å²) in [6.07, 6.45) is 2.14. The number of benzene rings is 1. The number of carbonyl (C=O) groups excluding carboxylic acids is 1. The smallest absolute Gasteiger partial charge is 0.260 e. The van der Waals surface area contributed by atoms with Crippen LogP contribution in [0.25, 0.3) is 0 Å². The van der Waals surface area contributed by atoms with E-state index in [0.29, 0.717) is 11.8 Å². The van der Waals surface area contributed by atoms with Crippen LogP contribution in [0.4, 0.5) is 0 Å². The van der Waals surface area contributed by atoms with Crippen molar-refractivity contribution in [2.75, 3.05) is 19.7 Å². The lowest BCUT2D eigenvalue weighted by Gasteiger charge is -2.34. The maximum absolute atomic E-state index is 12.5. The van der Waals surface area contributed by atoms with Crippen molar-refractivity contribution in [3.8, 4) is 5.75 Å². The normalized spacial score (nSPS) is 19.7. The predicted molar refractivity (Wildman–Crippen MR) is 93.7 cm³/mol. The fourth-order valence-electron chi connectivity index (χ4n) is 3.14. The summed E-state index contributed by atoms with van der Waals surface area (Å²) in [6.45, 7) is 10.0. The van der Waals surface area contributed by atoms with E-state index in [0.717, 1.165) is 42.8 Å². The quantitative estimate of drug-likeness (QED) is 0.907. The molecule has 0 radical (unpaired) electrons. The fourth-order valence-corrected chi connectivity index (χ4v) is 3.14. The number of carbonyl (C=O) groups is 1. The minimum Gasteiger partial charge on any atom is -0.483 e. The lowest BCUT2D eigenvalue weighted by atomic mass is 9.92. The van der Waals surface area contributed by atoms with Gasteiger partial charge in [0.15, 0.2) is 6.61 Å². The highest BCUT2D eigenvalue weighted by molar-refractivity contribution is 5.78. The van der Waals surface area contributed by atoms with Gasteiger partial charge in [0, 0.05) is 19.1 Å². The molecule has 0 spiro atoms. The van der Waals surface area contributed by atoms with Gasteiger partial charge in [0.25, 0.3) is 5.91 Å². The largest absolute Gasteiger partial charge is 0.483 e. The highest BCUT2D eigenvalue weighted by Gasteiger charge is 2.26. The third kappa shape index (κ3) is 4.71. The summed E-state index contributed by atoms with van der Waals surface area (Å²) < 4.78 is 5.87. The Morgan fingerprint density at radius 2 is 2.13 bits per heavy atom. The van der Waals surface area contributed by atoms with Gasteiger partial charge >= 0.3 is 0 Å². The first-order chi connectivity index (χ1) is 10.9. The number of likely N-dealkylation sites (tertiary alicyclic amines) is 1. The van der Waals surface area contributed by atoms with Crippen LogP contribution in [-0.2, 0) is 4.79 Å². The Morgan fingerprint density at radius 3 is 2.78 bits per heavy atom. The van der Waals surface area contributed by atoms with Gasteiger partial charge < -0.3 is 15.4 Å². The monoisotopic (exact) mass is 318 g/mol. The van der Waals surface area contributed by atoms with E-state index in [9.17, 15) is 4.79 Å². The molecule has 2 N–H and O–H groups in total. The molecule has 0 aromatic heterocycles. The highest BCUT2D eigenvalue weighted by atomic mass is 16.5. The van der Waals surface area contributed by atoms with E-state index in [2.05, 4.69) is 26.0 Å². The van der Waals surface area contributed by atoms with Crippen molar-refractivity contribution < 1.29 is 9.53 Å². The van der Waals surface area contributed by atoms with Gasteiger partial charge in [0.2, 0.25) is 0 Å². The van der Waals surface area contributed by atoms with E-state index in [1.165, 1.54) is 0 Å². The molecule has 2 atom stereocenters. The Labute approximate surface area is 140 Å². The van der Waals surface area contributed by atoms with Crippen LogP contribution >= 0.6 is 0 Å². The Morgan fingerprint density at radius 1 is 1.39 bits per heavy atom. The molecule has 0 aliphatic carbocycles. The fraction of sp³-hybridized carbons (Fsp3) is 0.632. The molecule has 1 aromatic rings. The molecule has 1 aliphatic heterocycles. The van der Waals surface area contributed by atoms with Gasteiger partial charge in [0.1, 0.15) is 5.75 Å². The summed E-state index contributed by atoms with van der Waals surface area (Å²) in [5.74, 6) is 1.66. The van der Waals surface area contributed by atoms with Crippen LogP contribution in [0.15, 0.2) is 18.2 Å². The molecule has 128 valence electrons. The van der Waals surface area contributed by atoms with E-state index in [-0.39, 0.29) is 18.6 Å². The molecule has 0 unspecified atom stereocenters. The van der Waals surface area contributed by atoms with Gasteiger partial charge in [-0.25, -0.2) is 0 Å². The number of piperidine rings is 1. The molecule has 1 amide bonds. The number of rotatable bonds is 5. The minimum absolute atomic E-state index is 0.0616. The van der Waals surface area contributed by atoms with Crippen LogP contribution in [0.5, 0.6) is 5.75 Å². The molecule has 1 heterocycles. The molecule has 1 saturated heterocycles. The Bertz CT molecular complexity index is 540. The van der Waals surface area contributed by atoms with Gasteiger partial charge in [-0.2, -0.15) is 0 Å². The highest BCUT2D eigenvalue weighted by Crippen LogP contribution is 2.27. The van der Waals surface area contributed by atoms with Gasteiger partial charge in [-0.3, -0.25) is 4.79 Å². The molecule has 0 saturated carbocycles. The summed E-state index contributed by atoms with van der Waals surface area (Å²) in [5, 5.41) is 0. The SMILES string of the molecule is Cc1ccc(C(C)C)c(OCC(=O)N2CCC[C@@H]([C@@H](C)N)C2)c1. The topological polar surface area (TPSA) is 55.6 Å². The first kappa shape index (κ1) is 17.8. The average Bonchev–Trinajstić information content (AvgIpc) is 2.52. The van der Waals surface area contributed by atoms with E-state index < -0.39 is 0 Å². The zero-order valence-corrected chi connectivity index (χ0v) is 14.8. The van der Waals surface area contributed by atoms with E-state index in [4.69, 9.17) is 10.5 Å². The number of hydrogen-bond acceptors (Lipinski definition) is 3. The van der Waals surface area contributed by atoms with E-state index in [1.54, 1.807) is 0 Å². The number of aryl methyl sites for hydroxylation is 1. The molecule has 1 fully saturated rings. The number of ether oxygens (including phenoxy) is 1. The summed E-state index contributed by atoms with van der Waals surface area (Å²) >= 11 is 0. The van der Waals surface area contributed by atoms with Crippen LogP contribution in [-0.4, -0.2) is 36.5 Å².